The van der Waals surface area contributed by atoms with Crippen LogP contribution in [0.1, 0.15) is 16.8 Å². The Hall–Kier alpha value is -2.03. The highest BCUT2D eigenvalue weighted by atomic mass is 35.5. The number of nitrogens with zero attached hydrogens (tertiary/aromatic N) is 2. The van der Waals surface area contributed by atoms with Crippen LogP contribution in [0.4, 0.5) is 0 Å². The van der Waals surface area contributed by atoms with Gasteiger partial charge in [0.1, 0.15) is 0 Å². The standard InChI is InChI=1S/C19H28ClN3O5/c1-26-10-4-5-21-17(24)13-22-6-8-23(9-7-22)19(25)14-11-15(20)18(28-3)16(12-14)27-2/h11-12H,4-10,13H2,1-3H3,(H,21,24). The lowest BCUT2D eigenvalue weighted by Crippen LogP contribution is -2.51. The third-order valence-electron chi connectivity index (χ3n) is 4.55. The van der Waals surface area contributed by atoms with E-state index in [0.29, 0.717) is 68.0 Å². The summed E-state index contributed by atoms with van der Waals surface area (Å²) in [6, 6.07) is 3.22. The molecule has 0 unspecified atom stereocenters. The van der Waals surface area contributed by atoms with Crippen LogP contribution in [-0.2, 0) is 9.53 Å². The summed E-state index contributed by atoms with van der Waals surface area (Å²) >= 11 is 6.20. The van der Waals surface area contributed by atoms with E-state index in [2.05, 4.69) is 5.32 Å². The average Bonchev–Trinajstić information content (AvgIpc) is 2.70. The maximum Gasteiger partial charge on any atom is 0.254 e. The minimum Gasteiger partial charge on any atom is -0.493 e. The van der Waals surface area contributed by atoms with Gasteiger partial charge in [0.15, 0.2) is 11.5 Å². The molecule has 0 bridgehead atoms. The Morgan fingerprint density at radius 1 is 1.11 bits per heavy atom. The first-order valence-electron chi connectivity index (χ1n) is 9.19. The highest BCUT2D eigenvalue weighted by Gasteiger charge is 2.25. The molecule has 9 heteroatoms. The lowest BCUT2D eigenvalue weighted by atomic mass is 10.1. The van der Waals surface area contributed by atoms with Crippen LogP contribution in [0.2, 0.25) is 5.02 Å². The van der Waals surface area contributed by atoms with Crippen LogP contribution in [0, 0.1) is 0 Å². The number of rotatable bonds is 9. The third kappa shape index (κ3) is 5.98. The van der Waals surface area contributed by atoms with Crippen molar-refractivity contribution in [3.05, 3.63) is 22.7 Å². The SMILES string of the molecule is COCCCNC(=O)CN1CCN(C(=O)c2cc(Cl)c(OC)c(OC)c2)CC1. The van der Waals surface area contributed by atoms with E-state index in [-0.39, 0.29) is 11.8 Å². The number of nitrogens with one attached hydrogen (secondary N) is 1. The first-order valence-corrected chi connectivity index (χ1v) is 9.56. The van der Waals surface area contributed by atoms with E-state index in [0.717, 1.165) is 6.42 Å². The smallest absolute Gasteiger partial charge is 0.254 e. The molecule has 1 fully saturated rings. The van der Waals surface area contributed by atoms with Gasteiger partial charge >= 0.3 is 0 Å². The quantitative estimate of drug-likeness (QED) is 0.614. The molecule has 1 N–H and O–H groups in total. The zero-order valence-corrected chi connectivity index (χ0v) is 17.4. The minimum absolute atomic E-state index is 0.0115. The van der Waals surface area contributed by atoms with Gasteiger partial charge in [0.2, 0.25) is 5.91 Å². The molecule has 0 atom stereocenters. The van der Waals surface area contributed by atoms with E-state index < -0.39 is 0 Å². The van der Waals surface area contributed by atoms with Gasteiger partial charge in [-0.25, -0.2) is 0 Å². The molecular weight excluding hydrogens is 386 g/mol. The maximum atomic E-state index is 12.8. The Bertz CT molecular complexity index is 678. The van der Waals surface area contributed by atoms with Crippen molar-refractivity contribution in [2.24, 2.45) is 0 Å². The molecule has 0 aliphatic carbocycles. The van der Waals surface area contributed by atoms with Crippen molar-refractivity contribution >= 4 is 23.4 Å². The monoisotopic (exact) mass is 413 g/mol. The first kappa shape index (κ1) is 22.3. The number of ether oxygens (including phenoxy) is 3. The zero-order chi connectivity index (χ0) is 20.5. The van der Waals surface area contributed by atoms with Crippen molar-refractivity contribution in [1.82, 2.24) is 15.1 Å². The van der Waals surface area contributed by atoms with Crippen LogP contribution in [0.25, 0.3) is 0 Å². The van der Waals surface area contributed by atoms with E-state index in [1.54, 1.807) is 24.1 Å². The second-order valence-corrected chi connectivity index (χ2v) is 6.87. The van der Waals surface area contributed by atoms with Gasteiger partial charge in [-0.05, 0) is 18.6 Å². The number of carbonyl (C=O) groups is 2. The van der Waals surface area contributed by atoms with E-state index in [1.165, 1.54) is 14.2 Å². The largest absolute Gasteiger partial charge is 0.493 e. The number of benzene rings is 1. The fraction of sp³-hybridized carbons (Fsp3) is 0.579. The molecule has 2 rings (SSSR count). The van der Waals surface area contributed by atoms with Gasteiger partial charge in [-0.1, -0.05) is 11.6 Å². The van der Waals surface area contributed by atoms with Crippen molar-refractivity contribution < 1.29 is 23.8 Å². The first-order chi connectivity index (χ1) is 13.5. The molecule has 2 amide bonds. The van der Waals surface area contributed by atoms with Gasteiger partial charge in [-0.2, -0.15) is 0 Å². The summed E-state index contributed by atoms with van der Waals surface area (Å²) in [6.07, 6.45) is 0.790. The Balaban J connectivity index is 1.87. The summed E-state index contributed by atoms with van der Waals surface area (Å²) in [4.78, 5) is 28.6. The molecule has 1 aliphatic heterocycles. The number of halogens is 1. The van der Waals surface area contributed by atoms with Crippen LogP contribution in [0.3, 0.4) is 0 Å². The summed E-state index contributed by atoms with van der Waals surface area (Å²) in [5.74, 6) is 0.693. The maximum absolute atomic E-state index is 12.8. The zero-order valence-electron chi connectivity index (χ0n) is 16.6. The molecule has 1 aliphatic rings. The predicted octanol–water partition coefficient (Wildman–Crippen LogP) is 1.27. The Morgan fingerprint density at radius 3 is 2.43 bits per heavy atom. The molecule has 0 spiro atoms. The van der Waals surface area contributed by atoms with Crippen molar-refractivity contribution in [3.63, 3.8) is 0 Å². The molecule has 0 aromatic heterocycles. The van der Waals surface area contributed by atoms with E-state index in [1.807, 2.05) is 4.90 Å². The van der Waals surface area contributed by atoms with Crippen molar-refractivity contribution in [1.29, 1.82) is 0 Å². The number of hydrogen-bond acceptors (Lipinski definition) is 6. The molecule has 156 valence electrons. The van der Waals surface area contributed by atoms with Crippen LogP contribution >= 0.6 is 11.6 Å². The van der Waals surface area contributed by atoms with Gasteiger partial charge in [0.25, 0.3) is 5.91 Å². The van der Waals surface area contributed by atoms with E-state index in [9.17, 15) is 9.59 Å². The third-order valence-corrected chi connectivity index (χ3v) is 4.84. The van der Waals surface area contributed by atoms with Crippen LogP contribution in [0.5, 0.6) is 11.5 Å². The number of piperazine rings is 1. The predicted molar refractivity (Wildman–Crippen MR) is 106 cm³/mol. The van der Waals surface area contributed by atoms with Gasteiger partial charge in [0, 0.05) is 52.0 Å². The van der Waals surface area contributed by atoms with Crippen molar-refractivity contribution in [2.75, 3.05) is 67.2 Å². The molecule has 0 radical (unpaired) electrons. The van der Waals surface area contributed by atoms with Crippen LogP contribution in [0.15, 0.2) is 12.1 Å². The number of amides is 2. The Morgan fingerprint density at radius 2 is 1.82 bits per heavy atom. The summed E-state index contributed by atoms with van der Waals surface area (Å²) in [7, 11) is 4.64. The highest BCUT2D eigenvalue weighted by Crippen LogP contribution is 2.36. The van der Waals surface area contributed by atoms with Gasteiger partial charge in [0.05, 0.1) is 25.8 Å². The summed E-state index contributed by atoms with van der Waals surface area (Å²) < 4.78 is 15.4. The van der Waals surface area contributed by atoms with Crippen LogP contribution < -0.4 is 14.8 Å². The van der Waals surface area contributed by atoms with Crippen LogP contribution in [-0.4, -0.2) is 88.8 Å². The molecule has 1 heterocycles. The Kier molecular flexibility index (Phi) is 8.82. The molecular formula is C19H28ClN3O5. The van der Waals surface area contributed by atoms with Crippen molar-refractivity contribution in [2.45, 2.75) is 6.42 Å². The number of carbonyl (C=O) groups excluding carboxylic acids is 2. The number of hydrogen-bond donors (Lipinski definition) is 1. The van der Waals surface area contributed by atoms with Gasteiger partial charge in [-0.3, -0.25) is 14.5 Å². The van der Waals surface area contributed by atoms with E-state index in [4.69, 9.17) is 25.8 Å². The normalized spacial score (nSPS) is 14.6. The van der Waals surface area contributed by atoms with E-state index >= 15 is 0 Å². The topological polar surface area (TPSA) is 80.3 Å². The molecule has 0 saturated carbocycles. The molecule has 28 heavy (non-hydrogen) atoms. The lowest BCUT2D eigenvalue weighted by Gasteiger charge is -2.34. The fourth-order valence-electron chi connectivity index (χ4n) is 3.04. The average molecular weight is 414 g/mol. The lowest BCUT2D eigenvalue weighted by molar-refractivity contribution is -0.122. The second kappa shape index (κ2) is 11.1. The summed E-state index contributed by atoms with van der Waals surface area (Å²) in [6.45, 7) is 3.92. The molecule has 1 aromatic carbocycles. The Labute approximate surface area is 170 Å². The number of methoxy groups -OCH3 is 3. The highest BCUT2D eigenvalue weighted by molar-refractivity contribution is 6.32. The van der Waals surface area contributed by atoms with Gasteiger partial charge in [-0.15, -0.1) is 0 Å². The summed E-state index contributed by atoms with van der Waals surface area (Å²) in [5, 5.41) is 3.20. The minimum atomic E-state index is -0.119. The summed E-state index contributed by atoms with van der Waals surface area (Å²) in [5.41, 5.74) is 0.451. The molecule has 8 nitrogen and oxygen atoms in total. The van der Waals surface area contributed by atoms with Crippen molar-refractivity contribution in [3.8, 4) is 11.5 Å². The fourth-order valence-corrected chi connectivity index (χ4v) is 3.32. The van der Waals surface area contributed by atoms with Gasteiger partial charge < -0.3 is 24.4 Å². The second-order valence-electron chi connectivity index (χ2n) is 6.46. The molecule has 1 aromatic rings. The molecule has 1 saturated heterocycles.